The largest absolute Gasteiger partial charge is 0.351 e. The molecular weight excluding hydrogens is 356 g/mol. The van der Waals surface area contributed by atoms with Crippen LogP contribution in [0.5, 0.6) is 0 Å². The number of benzene rings is 2. The lowest BCUT2D eigenvalue weighted by atomic mass is 10.0. The van der Waals surface area contributed by atoms with Gasteiger partial charge in [-0.1, -0.05) is 48.0 Å². The maximum absolute atomic E-state index is 6.32. The summed E-state index contributed by atoms with van der Waals surface area (Å²) in [4.78, 5) is 9.60. The van der Waals surface area contributed by atoms with Crippen molar-refractivity contribution in [3.63, 3.8) is 0 Å². The standard InChI is InChI=1S/C22H23ClN4/c1-26(2)13-14-27-12-6-9-20-22(27)25-19-11-10-17(23)15-18(19)21(24-20)16-7-4-3-5-8-16/h3-11,15,25H,12-14H2,1-2H3. The van der Waals surface area contributed by atoms with Gasteiger partial charge in [0.15, 0.2) is 0 Å². The van der Waals surface area contributed by atoms with Gasteiger partial charge >= 0.3 is 0 Å². The van der Waals surface area contributed by atoms with Gasteiger partial charge in [0, 0.05) is 41.5 Å². The second-order valence-corrected chi connectivity index (χ2v) is 7.46. The molecule has 0 radical (unpaired) electrons. The van der Waals surface area contributed by atoms with Crippen LogP contribution in [-0.2, 0) is 0 Å². The van der Waals surface area contributed by atoms with Crippen molar-refractivity contribution in [3.8, 4) is 0 Å². The molecule has 4 rings (SSSR count). The molecule has 2 aromatic rings. The fourth-order valence-electron chi connectivity index (χ4n) is 3.33. The monoisotopic (exact) mass is 378 g/mol. The molecule has 0 amide bonds. The lowest BCUT2D eigenvalue weighted by Gasteiger charge is -2.31. The Hall–Kier alpha value is -2.56. The fourth-order valence-corrected chi connectivity index (χ4v) is 3.50. The minimum absolute atomic E-state index is 0.707. The summed E-state index contributed by atoms with van der Waals surface area (Å²) in [6, 6.07) is 16.2. The summed E-state index contributed by atoms with van der Waals surface area (Å²) < 4.78 is 0. The molecule has 4 nitrogen and oxygen atoms in total. The molecule has 0 bridgehead atoms. The molecule has 0 aliphatic carbocycles. The third-order valence-electron chi connectivity index (χ3n) is 4.75. The van der Waals surface area contributed by atoms with Crippen LogP contribution in [0.2, 0.25) is 5.02 Å². The number of likely N-dealkylation sites (N-methyl/N-ethyl adjacent to an activating group) is 1. The highest BCUT2D eigenvalue weighted by Crippen LogP contribution is 2.32. The molecule has 1 N–H and O–H groups in total. The Labute approximate surface area is 165 Å². The predicted octanol–water partition coefficient (Wildman–Crippen LogP) is 4.21. The summed E-state index contributed by atoms with van der Waals surface area (Å²) in [6.07, 6.45) is 4.27. The SMILES string of the molecule is CN(C)CCN1CC=CC2=C1Nc1ccc(Cl)cc1C(c1ccccc1)=N2. The average Bonchev–Trinajstić information content (AvgIpc) is 2.84. The van der Waals surface area contributed by atoms with E-state index in [-0.39, 0.29) is 0 Å². The van der Waals surface area contributed by atoms with E-state index in [0.717, 1.165) is 53.7 Å². The summed E-state index contributed by atoms with van der Waals surface area (Å²) in [6.45, 7) is 2.79. The van der Waals surface area contributed by atoms with E-state index in [9.17, 15) is 0 Å². The molecule has 2 aliphatic heterocycles. The van der Waals surface area contributed by atoms with Gasteiger partial charge in [-0.15, -0.1) is 0 Å². The molecule has 0 aromatic heterocycles. The molecule has 27 heavy (non-hydrogen) atoms. The number of hydrogen-bond donors (Lipinski definition) is 1. The van der Waals surface area contributed by atoms with Gasteiger partial charge in [-0.2, -0.15) is 0 Å². The van der Waals surface area contributed by atoms with Crippen LogP contribution in [-0.4, -0.2) is 49.2 Å². The van der Waals surface area contributed by atoms with Gasteiger partial charge in [-0.3, -0.25) is 0 Å². The predicted molar refractivity (Wildman–Crippen MR) is 113 cm³/mol. The normalized spacial score (nSPS) is 15.9. The molecule has 0 fully saturated rings. The highest BCUT2D eigenvalue weighted by molar-refractivity contribution is 6.31. The molecule has 138 valence electrons. The third-order valence-corrected chi connectivity index (χ3v) is 4.98. The van der Waals surface area contributed by atoms with Crippen molar-refractivity contribution in [1.82, 2.24) is 9.80 Å². The van der Waals surface area contributed by atoms with E-state index in [1.54, 1.807) is 0 Å². The van der Waals surface area contributed by atoms with Crippen LogP contribution in [0.15, 0.2) is 77.2 Å². The van der Waals surface area contributed by atoms with Crippen LogP contribution in [0.3, 0.4) is 0 Å². The summed E-state index contributed by atoms with van der Waals surface area (Å²) in [7, 11) is 4.19. The third kappa shape index (κ3) is 3.77. The van der Waals surface area contributed by atoms with Gasteiger partial charge in [0.05, 0.1) is 5.71 Å². The Kier molecular flexibility index (Phi) is 5.01. The van der Waals surface area contributed by atoms with E-state index in [4.69, 9.17) is 16.6 Å². The second-order valence-electron chi connectivity index (χ2n) is 7.03. The van der Waals surface area contributed by atoms with Gasteiger partial charge in [0.1, 0.15) is 11.5 Å². The Morgan fingerprint density at radius 2 is 1.96 bits per heavy atom. The van der Waals surface area contributed by atoms with Crippen molar-refractivity contribution in [1.29, 1.82) is 0 Å². The van der Waals surface area contributed by atoms with Gasteiger partial charge in [0.25, 0.3) is 0 Å². The smallest absolute Gasteiger partial charge is 0.133 e. The Morgan fingerprint density at radius 3 is 2.74 bits per heavy atom. The summed E-state index contributed by atoms with van der Waals surface area (Å²) in [5, 5.41) is 4.33. The van der Waals surface area contributed by atoms with E-state index >= 15 is 0 Å². The highest BCUT2D eigenvalue weighted by Gasteiger charge is 2.23. The molecule has 2 aliphatic rings. The number of rotatable bonds is 4. The van der Waals surface area contributed by atoms with E-state index < -0.39 is 0 Å². The molecule has 2 heterocycles. The van der Waals surface area contributed by atoms with Gasteiger partial charge in [0.2, 0.25) is 0 Å². The quantitative estimate of drug-likeness (QED) is 0.864. The fraction of sp³-hybridized carbons (Fsp3) is 0.227. The number of fused-ring (bicyclic) bond motifs is 1. The van der Waals surface area contributed by atoms with Crippen molar-refractivity contribution >= 4 is 23.0 Å². The van der Waals surface area contributed by atoms with Crippen molar-refractivity contribution in [3.05, 3.63) is 88.4 Å². The first-order valence-corrected chi connectivity index (χ1v) is 9.51. The number of aliphatic imine (C=N–C) groups is 1. The molecular formula is C22H23ClN4. The minimum atomic E-state index is 0.707. The first-order valence-electron chi connectivity index (χ1n) is 9.13. The van der Waals surface area contributed by atoms with Crippen molar-refractivity contribution < 1.29 is 0 Å². The number of nitrogens with one attached hydrogen (secondary N) is 1. The van der Waals surface area contributed by atoms with Crippen LogP contribution in [0.4, 0.5) is 5.69 Å². The van der Waals surface area contributed by atoms with Gasteiger partial charge in [-0.25, -0.2) is 4.99 Å². The van der Waals surface area contributed by atoms with Gasteiger partial charge < -0.3 is 15.1 Å². The second kappa shape index (κ2) is 7.59. The molecule has 0 atom stereocenters. The highest BCUT2D eigenvalue weighted by atomic mass is 35.5. The van der Waals surface area contributed by atoms with Crippen LogP contribution < -0.4 is 5.32 Å². The lowest BCUT2D eigenvalue weighted by Crippen LogP contribution is -2.35. The van der Waals surface area contributed by atoms with E-state index in [2.05, 4.69) is 53.5 Å². The average molecular weight is 379 g/mol. The molecule has 2 aromatic carbocycles. The number of anilines is 1. The Bertz CT molecular complexity index is 929. The zero-order chi connectivity index (χ0) is 18.8. The number of hydrogen-bond acceptors (Lipinski definition) is 4. The number of allylic oxidation sites excluding steroid dienone is 1. The van der Waals surface area contributed by atoms with Crippen LogP contribution in [0.25, 0.3) is 0 Å². The zero-order valence-electron chi connectivity index (χ0n) is 15.6. The van der Waals surface area contributed by atoms with Crippen LogP contribution >= 0.6 is 11.6 Å². The molecule has 0 unspecified atom stereocenters. The summed E-state index contributed by atoms with van der Waals surface area (Å²) in [5.74, 6) is 1.05. The maximum atomic E-state index is 6.32. The first kappa shape index (κ1) is 17.8. The lowest BCUT2D eigenvalue weighted by molar-refractivity contribution is 0.306. The number of nitrogens with zero attached hydrogens (tertiary/aromatic N) is 3. The van der Waals surface area contributed by atoms with Crippen LogP contribution in [0.1, 0.15) is 11.1 Å². The first-order chi connectivity index (χ1) is 13.1. The summed E-state index contributed by atoms with van der Waals surface area (Å²) >= 11 is 6.32. The van der Waals surface area contributed by atoms with Crippen LogP contribution in [0, 0.1) is 0 Å². The van der Waals surface area contributed by atoms with E-state index in [1.165, 1.54) is 0 Å². The number of halogens is 1. The van der Waals surface area contributed by atoms with Crippen molar-refractivity contribution in [2.45, 2.75) is 0 Å². The molecule has 0 spiro atoms. The topological polar surface area (TPSA) is 30.9 Å². The maximum Gasteiger partial charge on any atom is 0.133 e. The summed E-state index contributed by atoms with van der Waals surface area (Å²) in [5.41, 5.74) is 5.01. The Balaban J connectivity index is 1.83. The van der Waals surface area contributed by atoms with Crippen molar-refractivity contribution in [2.24, 2.45) is 4.99 Å². The molecule has 0 saturated carbocycles. The van der Waals surface area contributed by atoms with E-state index in [1.807, 2.05) is 36.4 Å². The zero-order valence-corrected chi connectivity index (χ0v) is 16.4. The minimum Gasteiger partial charge on any atom is -0.351 e. The van der Waals surface area contributed by atoms with Gasteiger partial charge in [-0.05, 0) is 38.4 Å². The Morgan fingerprint density at radius 1 is 1.15 bits per heavy atom. The molecule has 0 saturated heterocycles. The molecule has 5 heteroatoms. The van der Waals surface area contributed by atoms with E-state index in [0.29, 0.717) is 5.02 Å². The van der Waals surface area contributed by atoms with Crippen molar-refractivity contribution in [2.75, 3.05) is 39.0 Å².